The average Bonchev–Trinajstić information content (AvgIpc) is 3.40. The van der Waals surface area contributed by atoms with Crippen molar-refractivity contribution < 1.29 is 14.2 Å². The average molecular weight is 540 g/mol. The highest BCUT2D eigenvalue weighted by Crippen LogP contribution is 2.61. The van der Waals surface area contributed by atoms with Crippen LogP contribution in [-0.4, -0.2) is 10.1 Å². The molecule has 4 unspecified atom stereocenters. The summed E-state index contributed by atoms with van der Waals surface area (Å²) >= 11 is 0. The zero-order valence-corrected chi connectivity index (χ0v) is 26.5. The third kappa shape index (κ3) is 6.43. The van der Waals surface area contributed by atoms with Gasteiger partial charge >= 0.3 is 0 Å². The van der Waals surface area contributed by atoms with Crippen molar-refractivity contribution in [3.63, 3.8) is 0 Å². The number of rotatable bonds is 2. The molecule has 2 heterocycles. The summed E-state index contributed by atoms with van der Waals surface area (Å²) in [6.07, 6.45) is 5.28. The molecule has 3 aliphatic rings. The lowest BCUT2D eigenvalue weighted by molar-refractivity contribution is -0.0842. The van der Waals surface area contributed by atoms with Crippen molar-refractivity contribution in [1.29, 1.82) is 0 Å². The number of aromatic nitrogens is 1. The third-order valence-electron chi connectivity index (χ3n) is 8.88. The summed E-state index contributed by atoms with van der Waals surface area (Å²) in [7, 11) is 0. The smallest absolute Gasteiger partial charge is 0.123 e. The molecule has 0 amide bonds. The maximum Gasteiger partial charge on any atom is 0.123 e. The second-order valence-corrected chi connectivity index (χ2v) is 14.0. The maximum atomic E-state index is 13.7. The Labute approximate surface area is 238 Å². The molecule has 4 heteroatoms. The fourth-order valence-electron chi connectivity index (χ4n) is 6.39. The number of aliphatic hydroxyl groups excluding tert-OH is 1. The lowest BCUT2D eigenvalue weighted by Gasteiger charge is -2.39. The molecule has 1 aliphatic heterocycles. The van der Waals surface area contributed by atoms with Crippen LogP contribution in [0.1, 0.15) is 160 Å². The second kappa shape index (κ2) is 12.0. The van der Waals surface area contributed by atoms with E-state index in [4.69, 9.17) is 9.72 Å². The Hall–Kier alpha value is -1.78. The van der Waals surface area contributed by atoms with E-state index in [0.29, 0.717) is 11.3 Å². The number of ether oxygens (including phenoxy) is 1. The first-order valence-electron chi connectivity index (χ1n) is 15.4. The van der Waals surface area contributed by atoms with Gasteiger partial charge < -0.3 is 9.84 Å². The lowest BCUT2D eigenvalue weighted by Crippen LogP contribution is -2.34. The minimum absolute atomic E-state index is 0.0200. The van der Waals surface area contributed by atoms with Crippen LogP contribution in [-0.2, 0) is 16.8 Å². The molecular weight excluding hydrogens is 485 g/mol. The number of hydrogen-bond acceptors (Lipinski definition) is 3. The van der Waals surface area contributed by atoms with Gasteiger partial charge in [0.2, 0.25) is 0 Å². The van der Waals surface area contributed by atoms with Gasteiger partial charge in [0.15, 0.2) is 0 Å². The zero-order valence-electron chi connectivity index (χ0n) is 26.5. The molecule has 1 spiro atoms. The number of benzene rings is 1. The summed E-state index contributed by atoms with van der Waals surface area (Å²) in [5.74, 6) is 0.362. The molecule has 2 aromatic rings. The molecule has 39 heavy (non-hydrogen) atoms. The van der Waals surface area contributed by atoms with Gasteiger partial charge in [0.1, 0.15) is 11.9 Å². The molecule has 1 fully saturated rings. The van der Waals surface area contributed by atoms with Gasteiger partial charge in [-0.2, -0.15) is 0 Å². The number of pyridine rings is 1. The predicted molar refractivity (Wildman–Crippen MR) is 161 cm³/mol. The minimum Gasteiger partial charge on any atom is -0.388 e. The van der Waals surface area contributed by atoms with Crippen LogP contribution in [0.4, 0.5) is 4.39 Å². The highest BCUT2D eigenvalue weighted by molar-refractivity contribution is 5.54. The van der Waals surface area contributed by atoms with Crippen LogP contribution in [0.25, 0.3) is 0 Å². The fourth-order valence-corrected chi connectivity index (χ4v) is 6.39. The summed E-state index contributed by atoms with van der Waals surface area (Å²) in [4.78, 5) is 5.19. The highest BCUT2D eigenvalue weighted by atomic mass is 19.1. The summed E-state index contributed by atoms with van der Waals surface area (Å²) in [6, 6.07) is 6.70. The van der Waals surface area contributed by atoms with Crippen LogP contribution in [0.3, 0.4) is 0 Å². The monoisotopic (exact) mass is 539 g/mol. The Morgan fingerprint density at radius 3 is 2.18 bits per heavy atom. The fraction of sp³-hybridized carbons (Fsp3) is 0.686. The van der Waals surface area contributed by atoms with Gasteiger partial charge in [-0.3, -0.25) is 4.98 Å². The minimum atomic E-state index is -0.526. The molecule has 3 nitrogen and oxygen atoms in total. The van der Waals surface area contributed by atoms with Crippen LogP contribution >= 0.6 is 0 Å². The highest BCUT2D eigenvalue weighted by Gasteiger charge is 2.55. The van der Waals surface area contributed by atoms with E-state index >= 15 is 0 Å². The largest absolute Gasteiger partial charge is 0.388 e. The van der Waals surface area contributed by atoms with Crippen LogP contribution in [0.15, 0.2) is 24.3 Å². The molecule has 5 rings (SSSR count). The number of hydrogen-bond donors (Lipinski definition) is 1. The van der Waals surface area contributed by atoms with Gasteiger partial charge in [0.05, 0.1) is 11.7 Å². The number of fused-ring (bicyclic) bond motifs is 4. The predicted octanol–water partition coefficient (Wildman–Crippen LogP) is 9.95. The van der Waals surface area contributed by atoms with Gasteiger partial charge in [-0.25, -0.2) is 4.39 Å². The van der Waals surface area contributed by atoms with Crippen LogP contribution < -0.4 is 0 Å². The van der Waals surface area contributed by atoms with E-state index in [2.05, 4.69) is 62.3 Å². The van der Waals surface area contributed by atoms with E-state index in [-0.39, 0.29) is 23.3 Å². The summed E-state index contributed by atoms with van der Waals surface area (Å²) in [5, 5.41) is 11.4. The lowest BCUT2D eigenvalue weighted by atomic mass is 9.69. The number of halogens is 1. The first-order chi connectivity index (χ1) is 18.2. The summed E-state index contributed by atoms with van der Waals surface area (Å²) < 4.78 is 20.7. The maximum absolute atomic E-state index is 13.7. The van der Waals surface area contributed by atoms with Crippen LogP contribution in [0, 0.1) is 22.6 Å². The normalized spacial score (nSPS) is 26.9. The SMILES string of the molecule is CC.CC(C)c1nc2c(c3c1C(c1ccc(F)cc1)OC31CCCC1C)C(O)CC(C)(C)C2.CCC(C)(C)C. The van der Waals surface area contributed by atoms with Crippen molar-refractivity contribution in [3.05, 3.63) is 63.7 Å². The van der Waals surface area contributed by atoms with Crippen molar-refractivity contribution in [2.45, 2.75) is 138 Å². The third-order valence-corrected chi connectivity index (χ3v) is 8.88. The van der Waals surface area contributed by atoms with E-state index in [9.17, 15) is 9.50 Å². The van der Waals surface area contributed by atoms with E-state index < -0.39 is 11.7 Å². The summed E-state index contributed by atoms with van der Waals surface area (Å²) in [5.41, 5.74) is 6.62. The quantitative estimate of drug-likeness (QED) is 0.413. The topological polar surface area (TPSA) is 42.4 Å². The van der Waals surface area contributed by atoms with E-state index in [1.165, 1.54) is 24.1 Å². The second-order valence-electron chi connectivity index (χ2n) is 14.0. The molecule has 0 radical (unpaired) electrons. The first-order valence-corrected chi connectivity index (χ1v) is 15.4. The molecule has 1 N–H and O–H groups in total. The molecule has 4 atom stereocenters. The van der Waals surface area contributed by atoms with Crippen molar-refractivity contribution >= 4 is 0 Å². The molecule has 1 aromatic carbocycles. The van der Waals surface area contributed by atoms with Crippen molar-refractivity contribution in [2.75, 3.05) is 0 Å². The summed E-state index contributed by atoms with van der Waals surface area (Å²) in [6.45, 7) is 24.0. The molecule has 218 valence electrons. The van der Waals surface area contributed by atoms with Gasteiger partial charge in [0, 0.05) is 22.5 Å². The van der Waals surface area contributed by atoms with E-state index in [0.717, 1.165) is 60.2 Å². The Bertz CT molecular complexity index is 1110. The Balaban J connectivity index is 0.000000467. The number of aliphatic hydroxyl groups is 1. The van der Waals surface area contributed by atoms with Gasteiger partial charge in [-0.15, -0.1) is 0 Å². The van der Waals surface area contributed by atoms with Crippen LogP contribution in [0.2, 0.25) is 0 Å². The molecule has 2 aliphatic carbocycles. The zero-order chi connectivity index (χ0) is 29.3. The Morgan fingerprint density at radius 2 is 1.69 bits per heavy atom. The molecule has 0 saturated heterocycles. The van der Waals surface area contributed by atoms with Crippen molar-refractivity contribution in [2.24, 2.45) is 16.7 Å². The molecular formula is C35H54FNO2. The number of nitrogens with zero attached hydrogens (tertiary/aromatic N) is 1. The van der Waals surface area contributed by atoms with E-state index in [1.54, 1.807) is 0 Å². The Morgan fingerprint density at radius 1 is 1.10 bits per heavy atom. The Kier molecular flexibility index (Phi) is 9.76. The van der Waals surface area contributed by atoms with Crippen LogP contribution in [0.5, 0.6) is 0 Å². The van der Waals surface area contributed by atoms with Crippen molar-refractivity contribution in [3.8, 4) is 0 Å². The van der Waals surface area contributed by atoms with Gasteiger partial charge in [-0.1, -0.05) is 94.7 Å². The van der Waals surface area contributed by atoms with Gasteiger partial charge in [0.25, 0.3) is 0 Å². The van der Waals surface area contributed by atoms with Gasteiger partial charge in [-0.05, 0) is 78.0 Å². The first kappa shape index (κ1) is 31.7. The van der Waals surface area contributed by atoms with E-state index in [1.807, 2.05) is 26.0 Å². The van der Waals surface area contributed by atoms with Crippen molar-refractivity contribution in [1.82, 2.24) is 4.98 Å². The molecule has 0 bridgehead atoms. The standard InChI is InChI=1S/C27H34FNO2.C6H14.C2H6/c1-15(2)24-22-23(21-19(29-24)13-26(4,5)14-20(21)30)27(12-6-7-16(27)3)31-25(22)17-8-10-18(28)11-9-17;1-5-6(2,3)4;1-2/h8-11,15-16,20,25,30H,6-7,12-14H2,1-5H3;5H2,1-4H3;1-2H3. The molecule has 1 aromatic heterocycles. The molecule has 1 saturated carbocycles.